The minimum atomic E-state index is -0.287. The predicted molar refractivity (Wildman–Crippen MR) is 86.3 cm³/mol. The van der Waals surface area contributed by atoms with Crippen LogP contribution in [0.3, 0.4) is 0 Å². The third-order valence-corrected chi connectivity index (χ3v) is 4.40. The summed E-state index contributed by atoms with van der Waals surface area (Å²) in [4.78, 5) is 20.1. The zero-order valence-electron chi connectivity index (χ0n) is 12.7. The fourth-order valence-corrected chi connectivity index (χ4v) is 3.18. The van der Waals surface area contributed by atoms with E-state index in [1.54, 1.807) is 0 Å². The van der Waals surface area contributed by atoms with Crippen molar-refractivity contribution >= 4 is 22.6 Å². The number of aromatic nitrogens is 5. The Kier molecular flexibility index (Phi) is 3.53. The van der Waals surface area contributed by atoms with Gasteiger partial charge in [0.1, 0.15) is 5.82 Å². The van der Waals surface area contributed by atoms with Crippen LogP contribution in [-0.4, -0.2) is 31.3 Å². The van der Waals surface area contributed by atoms with Crippen molar-refractivity contribution in [2.24, 2.45) is 0 Å². The average molecular weight is 310 g/mol. The molecule has 0 unspecified atom stereocenters. The number of H-pyrrole nitrogens is 2. The number of carbonyl (C=O) groups excluding carboxylic acids is 1. The van der Waals surface area contributed by atoms with Crippen LogP contribution in [0, 0.1) is 0 Å². The van der Waals surface area contributed by atoms with Crippen molar-refractivity contribution in [2.45, 2.75) is 38.0 Å². The van der Waals surface area contributed by atoms with E-state index in [0.717, 1.165) is 16.9 Å². The molecular formula is C16H18N6O. The second-order valence-corrected chi connectivity index (χ2v) is 6.00. The highest BCUT2D eigenvalue weighted by Gasteiger charge is 2.19. The smallest absolute Gasteiger partial charge is 0.277 e. The van der Waals surface area contributed by atoms with Crippen LogP contribution in [0.25, 0.3) is 11.0 Å². The van der Waals surface area contributed by atoms with E-state index < -0.39 is 0 Å². The van der Waals surface area contributed by atoms with Crippen molar-refractivity contribution < 1.29 is 4.79 Å². The molecule has 2 heterocycles. The number of hydrogen-bond donors (Lipinski definition) is 3. The standard InChI is InChI=1S/C16H18N6O/c23-16(14-9-17-22-21-14)18-11-6-7-12-13(8-11)20-15(19-12)10-4-2-1-3-5-10/h6-10H,1-5H2,(H,18,23)(H,19,20)(H,17,21,22). The topological polar surface area (TPSA) is 99.4 Å². The van der Waals surface area contributed by atoms with Crippen LogP contribution in [-0.2, 0) is 0 Å². The Morgan fingerprint density at radius 1 is 1.22 bits per heavy atom. The lowest BCUT2D eigenvalue weighted by Crippen LogP contribution is -2.12. The number of nitrogens with one attached hydrogen (secondary N) is 3. The zero-order valence-corrected chi connectivity index (χ0v) is 12.7. The van der Waals surface area contributed by atoms with E-state index in [1.165, 1.54) is 38.3 Å². The molecule has 0 bridgehead atoms. The van der Waals surface area contributed by atoms with Crippen LogP contribution >= 0.6 is 0 Å². The van der Waals surface area contributed by atoms with Gasteiger partial charge < -0.3 is 10.3 Å². The highest BCUT2D eigenvalue weighted by atomic mass is 16.2. The molecule has 0 spiro atoms. The number of carbonyl (C=O) groups is 1. The minimum absolute atomic E-state index is 0.262. The van der Waals surface area contributed by atoms with E-state index >= 15 is 0 Å². The molecule has 7 nitrogen and oxygen atoms in total. The van der Waals surface area contributed by atoms with Crippen LogP contribution in [0.1, 0.15) is 54.3 Å². The number of hydrogen-bond acceptors (Lipinski definition) is 4. The Labute approximate surface area is 132 Å². The summed E-state index contributed by atoms with van der Waals surface area (Å²) < 4.78 is 0. The largest absolute Gasteiger partial charge is 0.342 e. The summed E-state index contributed by atoms with van der Waals surface area (Å²) in [6.45, 7) is 0. The third kappa shape index (κ3) is 2.81. The van der Waals surface area contributed by atoms with Gasteiger partial charge >= 0.3 is 0 Å². The summed E-state index contributed by atoms with van der Waals surface area (Å²) in [6.07, 6.45) is 7.69. The van der Waals surface area contributed by atoms with Gasteiger partial charge in [-0.05, 0) is 31.0 Å². The SMILES string of the molecule is O=C(Nc1ccc2nc(C3CCCCC3)[nH]c2c1)c1cn[nH]n1. The molecule has 1 aliphatic rings. The maximum Gasteiger partial charge on any atom is 0.277 e. The zero-order chi connectivity index (χ0) is 15.6. The summed E-state index contributed by atoms with van der Waals surface area (Å²) in [5.74, 6) is 1.31. The lowest BCUT2D eigenvalue weighted by Gasteiger charge is -2.18. The van der Waals surface area contributed by atoms with Crippen LogP contribution in [0.2, 0.25) is 0 Å². The molecule has 1 saturated carbocycles. The fraction of sp³-hybridized carbons (Fsp3) is 0.375. The molecule has 118 valence electrons. The number of rotatable bonds is 3. The monoisotopic (exact) mass is 310 g/mol. The van der Waals surface area contributed by atoms with Gasteiger partial charge in [0, 0.05) is 11.6 Å². The molecule has 1 aliphatic carbocycles. The first-order valence-electron chi connectivity index (χ1n) is 7.96. The van der Waals surface area contributed by atoms with E-state index in [9.17, 15) is 4.79 Å². The molecule has 23 heavy (non-hydrogen) atoms. The fourth-order valence-electron chi connectivity index (χ4n) is 3.18. The number of imidazole rings is 1. The molecule has 0 radical (unpaired) electrons. The molecule has 3 N–H and O–H groups in total. The Morgan fingerprint density at radius 3 is 2.87 bits per heavy atom. The van der Waals surface area contributed by atoms with Gasteiger partial charge in [0.2, 0.25) is 0 Å². The molecular weight excluding hydrogens is 292 g/mol. The lowest BCUT2D eigenvalue weighted by molar-refractivity contribution is 0.102. The molecule has 1 amide bonds. The van der Waals surface area contributed by atoms with Crippen molar-refractivity contribution in [3.05, 3.63) is 35.9 Å². The van der Waals surface area contributed by atoms with Gasteiger partial charge in [0.25, 0.3) is 5.91 Å². The molecule has 1 aromatic carbocycles. The predicted octanol–water partition coefficient (Wildman–Crippen LogP) is 2.98. The number of fused-ring (bicyclic) bond motifs is 1. The first-order valence-corrected chi connectivity index (χ1v) is 7.96. The average Bonchev–Trinajstić information content (AvgIpc) is 3.25. The highest BCUT2D eigenvalue weighted by molar-refractivity contribution is 6.03. The summed E-state index contributed by atoms with van der Waals surface area (Å²) >= 11 is 0. The maximum atomic E-state index is 12.0. The molecule has 7 heteroatoms. The first-order chi connectivity index (χ1) is 11.3. The first kappa shape index (κ1) is 13.9. The minimum Gasteiger partial charge on any atom is -0.342 e. The number of anilines is 1. The quantitative estimate of drug-likeness (QED) is 0.692. The second-order valence-electron chi connectivity index (χ2n) is 6.00. The van der Waals surface area contributed by atoms with Crippen molar-refractivity contribution in [3.63, 3.8) is 0 Å². The van der Waals surface area contributed by atoms with Gasteiger partial charge in [0.05, 0.1) is 17.2 Å². The molecule has 0 atom stereocenters. The van der Waals surface area contributed by atoms with Crippen molar-refractivity contribution in [2.75, 3.05) is 5.32 Å². The number of aromatic amines is 2. The molecule has 3 aromatic rings. The summed E-state index contributed by atoms with van der Waals surface area (Å²) in [7, 11) is 0. The summed E-state index contributed by atoms with van der Waals surface area (Å²) in [5, 5.41) is 12.7. The van der Waals surface area contributed by atoms with Crippen molar-refractivity contribution in [1.82, 2.24) is 25.4 Å². The van der Waals surface area contributed by atoms with Gasteiger partial charge in [0.15, 0.2) is 5.69 Å². The van der Waals surface area contributed by atoms with Crippen LogP contribution in [0.5, 0.6) is 0 Å². The Hall–Kier alpha value is -2.70. The van der Waals surface area contributed by atoms with Gasteiger partial charge in [-0.15, -0.1) is 0 Å². The molecule has 2 aromatic heterocycles. The second kappa shape index (κ2) is 5.83. The maximum absolute atomic E-state index is 12.0. The van der Waals surface area contributed by atoms with Crippen molar-refractivity contribution in [1.29, 1.82) is 0 Å². The van der Waals surface area contributed by atoms with Crippen LogP contribution < -0.4 is 5.32 Å². The van der Waals surface area contributed by atoms with E-state index in [1.807, 2.05) is 18.2 Å². The normalized spacial score (nSPS) is 15.8. The molecule has 0 aliphatic heterocycles. The van der Waals surface area contributed by atoms with Crippen molar-refractivity contribution in [3.8, 4) is 0 Å². The van der Waals surface area contributed by atoms with Crippen LogP contribution in [0.4, 0.5) is 5.69 Å². The Bertz CT molecular complexity index is 816. The number of benzene rings is 1. The Morgan fingerprint density at radius 2 is 2.09 bits per heavy atom. The van der Waals surface area contributed by atoms with E-state index in [0.29, 0.717) is 11.6 Å². The molecule has 1 fully saturated rings. The highest BCUT2D eigenvalue weighted by Crippen LogP contribution is 2.32. The van der Waals surface area contributed by atoms with Gasteiger partial charge in [-0.25, -0.2) is 4.98 Å². The van der Waals surface area contributed by atoms with Crippen LogP contribution in [0.15, 0.2) is 24.4 Å². The van der Waals surface area contributed by atoms with E-state index in [2.05, 4.69) is 25.7 Å². The molecule has 4 rings (SSSR count). The van der Waals surface area contributed by atoms with E-state index in [-0.39, 0.29) is 11.6 Å². The lowest BCUT2D eigenvalue weighted by atomic mass is 9.89. The summed E-state index contributed by atoms with van der Waals surface area (Å²) in [5.41, 5.74) is 2.86. The Balaban J connectivity index is 1.56. The molecule has 0 saturated heterocycles. The van der Waals surface area contributed by atoms with Gasteiger partial charge in [-0.2, -0.15) is 15.4 Å². The summed E-state index contributed by atoms with van der Waals surface area (Å²) in [6, 6.07) is 5.69. The van der Waals surface area contributed by atoms with E-state index in [4.69, 9.17) is 4.98 Å². The number of amides is 1. The number of nitrogens with zero attached hydrogens (tertiary/aromatic N) is 3. The van der Waals surface area contributed by atoms with Gasteiger partial charge in [-0.1, -0.05) is 19.3 Å². The third-order valence-electron chi connectivity index (χ3n) is 4.40. The van der Waals surface area contributed by atoms with Gasteiger partial charge in [-0.3, -0.25) is 4.79 Å².